The first-order valence-electron chi connectivity index (χ1n) is 6.92. The summed E-state index contributed by atoms with van der Waals surface area (Å²) in [5, 5.41) is 0.863. The number of sulfonamides is 1. The van der Waals surface area contributed by atoms with Gasteiger partial charge in [0.1, 0.15) is 0 Å². The van der Waals surface area contributed by atoms with Gasteiger partial charge in [0, 0.05) is 16.1 Å². The minimum absolute atomic E-state index is 0.0894. The second-order valence-corrected chi connectivity index (χ2v) is 8.16. The van der Waals surface area contributed by atoms with Crippen LogP contribution in [0.4, 0.5) is 5.69 Å². The Labute approximate surface area is 140 Å². The number of hydrogen-bond acceptors (Lipinski definition) is 2. The first-order chi connectivity index (χ1) is 10.4. The van der Waals surface area contributed by atoms with E-state index in [4.69, 9.17) is 23.2 Å². The molecular formula is C16H15Cl2NO2S. The van der Waals surface area contributed by atoms with Crippen molar-refractivity contribution in [1.29, 1.82) is 0 Å². The summed E-state index contributed by atoms with van der Waals surface area (Å²) in [5.41, 5.74) is 2.38. The summed E-state index contributed by atoms with van der Waals surface area (Å²) in [7, 11) is -3.51. The van der Waals surface area contributed by atoms with Crippen LogP contribution in [0.15, 0.2) is 42.5 Å². The van der Waals surface area contributed by atoms with E-state index in [2.05, 4.69) is 0 Å². The highest BCUT2D eigenvalue weighted by Gasteiger charge is 2.34. The van der Waals surface area contributed by atoms with Crippen LogP contribution in [-0.4, -0.2) is 14.5 Å². The van der Waals surface area contributed by atoms with E-state index in [1.807, 2.05) is 31.2 Å². The average molecular weight is 356 g/mol. The molecule has 6 heteroatoms. The van der Waals surface area contributed by atoms with Gasteiger partial charge >= 0.3 is 0 Å². The molecule has 116 valence electrons. The van der Waals surface area contributed by atoms with Crippen molar-refractivity contribution in [2.45, 2.75) is 25.1 Å². The average Bonchev–Trinajstić information content (AvgIpc) is 2.78. The molecular weight excluding hydrogens is 341 g/mol. The summed E-state index contributed by atoms with van der Waals surface area (Å²) in [4.78, 5) is 0. The molecule has 1 atom stereocenters. The molecule has 0 saturated heterocycles. The van der Waals surface area contributed by atoms with E-state index >= 15 is 0 Å². The molecule has 0 aliphatic carbocycles. The van der Waals surface area contributed by atoms with Crippen LogP contribution in [0, 0.1) is 0 Å². The largest absolute Gasteiger partial charge is 0.267 e. The monoisotopic (exact) mass is 355 g/mol. The normalized spacial score (nSPS) is 17.6. The maximum atomic E-state index is 12.8. The van der Waals surface area contributed by atoms with E-state index in [0.717, 1.165) is 17.7 Å². The molecule has 0 fully saturated rings. The lowest BCUT2D eigenvalue weighted by Gasteiger charge is -2.24. The molecule has 0 amide bonds. The molecule has 2 aromatic rings. The number of nitrogens with zero attached hydrogens (tertiary/aromatic N) is 1. The van der Waals surface area contributed by atoms with Crippen molar-refractivity contribution >= 4 is 38.9 Å². The summed E-state index contributed by atoms with van der Waals surface area (Å²) < 4.78 is 27.2. The van der Waals surface area contributed by atoms with Gasteiger partial charge in [-0.3, -0.25) is 4.31 Å². The van der Waals surface area contributed by atoms with Gasteiger partial charge < -0.3 is 0 Å². The van der Waals surface area contributed by atoms with Gasteiger partial charge in [0.15, 0.2) is 0 Å². The molecule has 3 nitrogen and oxygen atoms in total. The standard InChI is InChI=1S/C16H15Cl2NO2S/c1-11-8-12-4-2-3-5-16(12)19(11)22(20,21)10-13-6-7-14(17)9-15(13)18/h2-7,9,11H,8,10H2,1H3. The topological polar surface area (TPSA) is 37.4 Å². The Hall–Kier alpha value is -1.23. The zero-order valence-corrected chi connectivity index (χ0v) is 14.3. The van der Waals surface area contributed by atoms with Crippen molar-refractivity contribution in [1.82, 2.24) is 0 Å². The number of halogens is 2. The maximum absolute atomic E-state index is 12.8. The zero-order valence-electron chi connectivity index (χ0n) is 12.0. The molecule has 3 rings (SSSR count). The van der Waals surface area contributed by atoms with Gasteiger partial charge in [-0.1, -0.05) is 47.5 Å². The number of anilines is 1. The summed E-state index contributed by atoms with van der Waals surface area (Å²) in [6, 6.07) is 12.4. The molecule has 0 saturated carbocycles. The van der Waals surface area contributed by atoms with Gasteiger partial charge in [-0.15, -0.1) is 0 Å². The Bertz CT molecular complexity index is 821. The maximum Gasteiger partial charge on any atom is 0.239 e. The Morgan fingerprint density at radius 3 is 2.64 bits per heavy atom. The van der Waals surface area contributed by atoms with Gasteiger partial charge in [0.25, 0.3) is 0 Å². The van der Waals surface area contributed by atoms with E-state index in [0.29, 0.717) is 15.6 Å². The summed E-state index contributed by atoms with van der Waals surface area (Å²) in [5.74, 6) is -0.137. The lowest BCUT2D eigenvalue weighted by molar-refractivity contribution is 0.583. The van der Waals surface area contributed by atoms with Gasteiger partial charge in [-0.05, 0) is 42.7 Å². The van der Waals surface area contributed by atoms with E-state index in [9.17, 15) is 8.42 Å². The Kier molecular flexibility index (Phi) is 4.10. The Morgan fingerprint density at radius 2 is 1.91 bits per heavy atom. The SMILES string of the molecule is CC1Cc2ccccc2N1S(=O)(=O)Cc1ccc(Cl)cc1Cl. The third-order valence-electron chi connectivity index (χ3n) is 3.80. The van der Waals surface area contributed by atoms with Crippen LogP contribution in [0.2, 0.25) is 10.0 Å². The molecule has 22 heavy (non-hydrogen) atoms. The molecule has 0 N–H and O–H groups in total. The predicted octanol–water partition coefficient (Wildman–Crippen LogP) is 4.27. The molecule has 0 spiro atoms. The van der Waals surface area contributed by atoms with E-state index in [1.165, 1.54) is 4.31 Å². The molecule has 1 heterocycles. The molecule has 1 aliphatic heterocycles. The highest BCUT2D eigenvalue weighted by atomic mass is 35.5. The van der Waals surface area contributed by atoms with Crippen molar-refractivity contribution in [2.24, 2.45) is 0 Å². The van der Waals surface area contributed by atoms with Crippen LogP contribution in [0.5, 0.6) is 0 Å². The third-order valence-corrected chi connectivity index (χ3v) is 6.22. The Balaban J connectivity index is 1.97. The van der Waals surface area contributed by atoms with Crippen molar-refractivity contribution in [3.8, 4) is 0 Å². The fourth-order valence-corrected chi connectivity index (χ4v) is 5.30. The van der Waals surface area contributed by atoms with Gasteiger partial charge in [0.05, 0.1) is 11.4 Å². The minimum atomic E-state index is -3.51. The summed E-state index contributed by atoms with van der Waals surface area (Å²) in [6.07, 6.45) is 0.726. The fraction of sp³-hybridized carbons (Fsp3) is 0.250. The van der Waals surface area contributed by atoms with Gasteiger partial charge in [-0.25, -0.2) is 8.42 Å². The lowest BCUT2D eigenvalue weighted by atomic mass is 10.1. The van der Waals surface area contributed by atoms with Crippen molar-refractivity contribution < 1.29 is 8.42 Å². The number of hydrogen-bond donors (Lipinski definition) is 0. The summed E-state index contributed by atoms with van der Waals surface area (Å²) in [6.45, 7) is 1.92. The van der Waals surface area contributed by atoms with Crippen LogP contribution in [0.3, 0.4) is 0 Å². The molecule has 1 aliphatic rings. The van der Waals surface area contributed by atoms with Crippen LogP contribution < -0.4 is 4.31 Å². The van der Waals surface area contributed by atoms with E-state index in [-0.39, 0.29) is 11.8 Å². The minimum Gasteiger partial charge on any atom is -0.267 e. The van der Waals surface area contributed by atoms with E-state index < -0.39 is 10.0 Å². The van der Waals surface area contributed by atoms with Crippen molar-refractivity contribution in [3.05, 3.63) is 63.6 Å². The van der Waals surface area contributed by atoms with Crippen molar-refractivity contribution in [2.75, 3.05) is 4.31 Å². The van der Waals surface area contributed by atoms with E-state index in [1.54, 1.807) is 18.2 Å². The lowest BCUT2D eigenvalue weighted by Crippen LogP contribution is -2.36. The summed E-state index contributed by atoms with van der Waals surface area (Å²) >= 11 is 12.0. The second kappa shape index (κ2) is 5.76. The first kappa shape index (κ1) is 15.7. The second-order valence-electron chi connectivity index (χ2n) is 5.47. The van der Waals surface area contributed by atoms with Crippen molar-refractivity contribution in [3.63, 3.8) is 0 Å². The van der Waals surface area contributed by atoms with Gasteiger partial charge in [-0.2, -0.15) is 0 Å². The van der Waals surface area contributed by atoms with Crippen LogP contribution in [0.25, 0.3) is 0 Å². The third kappa shape index (κ3) is 2.83. The number of rotatable bonds is 3. The molecule has 1 unspecified atom stereocenters. The van der Waals surface area contributed by atoms with Gasteiger partial charge in [0.2, 0.25) is 10.0 Å². The Morgan fingerprint density at radius 1 is 1.18 bits per heavy atom. The van der Waals surface area contributed by atoms with Crippen LogP contribution in [0.1, 0.15) is 18.1 Å². The molecule has 0 bridgehead atoms. The molecule has 2 aromatic carbocycles. The predicted molar refractivity (Wildman–Crippen MR) is 91.2 cm³/mol. The smallest absolute Gasteiger partial charge is 0.239 e. The quantitative estimate of drug-likeness (QED) is 0.823. The highest BCUT2D eigenvalue weighted by Crippen LogP contribution is 2.35. The van der Waals surface area contributed by atoms with Crippen LogP contribution >= 0.6 is 23.2 Å². The zero-order chi connectivity index (χ0) is 15.9. The molecule has 0 aromatic heterocycles. The highest BCUT2D eigenvalue weighted by molar-refractivity contribution is 7.92. The first-order valence-corrected chi connectivity index (χ1v) is 9.29. The number of fused-ring (bicyclic) bond motifs is 1. The number of benzene rings is 2. The molecule has 0 radical (unpaired) electrons. The number of para-hydroxylation sites is 1. The van der Waals surface area contributed by atoms with Crippen LogP contribution in [-0.2, 0) is 22.2 Å². The fourth-order valence-electron chi connectivity index (χ4n) is 2.87.